The smallest absolute Gasteiger partial charge is 0.124 e. The number of hydrogen-bond donors (Lipinski definition) is 3. The van der Waals surface area contributed by atoms with Crippen LogP contribution in [0.15, 0.2) is 329 Å². The molecule has 12 heterocycles. The van der Waals surface area contributed by atoms with Gasteiger partial charge in [-0.05, 0) is 199 Å². The molecule has 0 aliphatic rings. The van der Waals surface area contributed by atoms with Gasteiger partial charge >= 0.3 is 0 Å². The molecular formula is C97H94N18O3. The summed E-state index contributed by atoms with van der Waals surface area (Å²) in [4.78, 5) is 72.2. The van der Waals surface area contributed by atoms with Crippen LogP contribution in [0.1, 0.15) is 124 Å². The zero-order valence-corrected chi connectivity index (χ0v) is 65.9. The summed E-state index contributed by atoms with van der Waals surface area (Å²) in [6.07, 6.45) is 21.7. The van der Waals surface area contributed by atoms with Gasteiger partial charge in [-0.1, -0.05) is 72.8 Å². The minimum Gasteiger partial charge on any atom is -0.507 e. The van der Waals surface area contributed by atoms with E-state index in [9.17, 15) is 15.3 Å². The molecule has 3 aromatic carbocycles. The number of aromatic hydroxyl groups is 3. The first-order valence-corrected chi connectivity index (χ1v) is 39.8. The molecule has 0 saturated carbocycles. The second-order valence-electron chi connectivity index (χ2n) is 29.7. The highest BCUT2D eigenvalue weighted by molar-refractivity contribution is 5.57. The van der Waals surface area contributed by atoms with Gasteiger partial charge in [0.05, 0.1) is 68.3 Å². The zero-order valence-electron chi connectivity index (χ0n) is 65.9. The fourth-order valence-corrected chi connectivity index (χ4v) is 15.3. The fraction of sp³-hybridized carbons (Fsp3) is 0.196. The van der Waals surface area contributed by atoms with Crippen molar-refractivity contribution in [3.05, 3.63) is 448 Å². The van der Waals surface area contributed by atoms with Crippen molar-refractivity contribution < 1.29 is 15.3 Å². The van der Waals surface area contributed by atoms with E-state index >= 15 is 0 Å². The summed E-state index contributed by atoms with van der Waals surface area (Å²) in [6, 6.07) is 84.4. The summed E-state index contributed by atoms with van der Waals surface area (Å²) in [6.45, 7) is 6.55. The second-order valence-corrected chi connectivity index (χ2v) is 29.7. The molecule has 0 aliphatic heterocycles. The number of pyridine rings is 12. The number of hydrogen-bond acceptors (Lipinski definition) is 21. The molecule has 118 heavy (non-hydrogen) atoms. The Morgan fingerprint density at radius 3 is 0.390 bits per heavy atom. The van der Waals surface area contributed by atoms with Gasteiger partial charge in [-0.3, -0.25) is 89.2 Å². The van der Waals surface area contributed by atoms with Crippen molar-refractivity contribution in [2.24, 2.45) is 0 Å². The summed E-state index contributed by atoms with van der Waals surface area (Å²) in [5.74, 6) is -0.368. The molecule has 590 valence electrons. The van der Waals surface area contributed by atoms with Crippen LogP contribution in [0.3, 0.4) is 0 Å². The van der Waals surface area contributed by atoms with Crippen LogP contribution in [0.5, 0.6) is 17.2 Å². The van der Waals surface area contributed by atoms with Crippen molar-refractivity contribution in [3.8, 4) is 17.2 Å². The Labute approximate surface area is 689 Å². The largest absolute Gasteiger partial charge is 0.507 e. The molecule has 0 radical (unpaired) electrons. The summed E-state index contributed by atoms with van der Waals surface area (Å²) >= 11 is 0. The average Bonchev–Trinajstić information content (AvgIpc) is 0.760. The van der Waals surface area contributed by atoms with E-state index in [2.05, 4.69) is 65.8 Å². The minimum atomic E-state index is -0.741. The zero-order chi connectivity index (χ0) is 80.3. The van der Waals surface area contributed by atoms with E-state index in [1.807, 2.05) is 293 Å². The first-order valence-electron chi connectivity index (χ1n) is 39.8. The maximum atomic E-state index is 13.8. The molecule has 0 amide bonds. The van der Waals surface area contributed by atoms with Crippen molar-refractivity contribution >= 4 is 0 Å². The van der Waals surface area contributed by atoms with Crippen molar-refractivity contribution in [3.63, 3.8) is 0 Å². The Balaban J connectivity index is 1.000. The maximum Gasteiger partial charge on any atom is 0.124 e. The van der Waals surface area contributed by atoms with Crippen LogP contribution >= 0.6 is 0 Å². The van der Waals surface area contributed by atoms with Gasteiger partial charge in [0, 0.05) is 231 Å². The summed E-state index contributed by atoms with van der Waals surface area (Å²) < 4.78 is 0. The number of rotatable bonds is 39. The van der Waals surface area contributed by atoms with Crippen LogP contribution in [-0.2, 0) is 118 Å². The molecule has 0 bridgehead atoms. The van der Waals surface area contributed by atoms with Crippen LogP contribution < -0.4 is 0 Å². The highest BCUT2D eigenvalue weighted by Gasteiger charge is 2.30. The standard InChI is InChI=1S/C97H94N18O3/c116-95-76(55-110(61-82-25-1-13-37-98-82)62-83-26-2-14-38-99-83)49-73(50-77(95)56-111(63-84-27-3-15-39-100-84)64-85-28-4-16-40-101-85)94(74-51-78(57-112(65-86-29-5-17-41-102-86)66-87-30-6-18-42-103-87)96(117)79(52-74)58-113(67-88-31-7-19-43-104-88)68-89-32-8-20-44-105-89)75-53-80(59-114(69-90-33-9-21-45-106-90)70-91-34-10-22-46-107-91)97(118)81(54-75)60-115(71-92-35-11-23-47-108-92)72-93-36-12-24-48-109-93/h1-54,94,116-118H,55-72H2. The maximum absolute atomic E-state index is 13.8. The Morgan fingerprint density at radius 2 is 0.288 bits per heavy atom. The second kappa shape index (κ2) is 40.8. The van der Waals surface area contributed by atoms with Crippen molar-refractivity contribution in [2.75, 3.05) is 0 Å². The first kappa shape index (κ1) is 79.8. The first-order chi connectivity index (χ1) is 58.1. The van der Waals surface area contributed by atoms with Gasteiger partial charge in [0.2, 0.25) is 0 Å². The highest BCUT2D eigenvalue weighted by Crippen LogP contribution is 2.44. The van der Waals surface area contributed by atoms with E-state index < -0.39 is 5.92 Å². The molecule has 0 atom stereocenters. The van der Waals surface area contributed by atoms with E-state index in [0.29, 0.717) is 112 Å². The lowest BCUT2D eigenvalue weighted by Gasteiger charge is -2.30. The van der Waals surface area contributed by atoms with Gasteiger partial charge in [0.15, 0.2) is 0 Å². The van der Waals surface area contributed by atoms with Crippen LogP contribution in [0, 0.1) is 0 Å². The van der Waals surface area contributed by atoms with Crippen LogP contribution in [0.25, 0.3) is 0 Å². The van der Waals surface area contributed by atoms with Gasteiger partial charge < -0.3 is 15.3 Å². The third-order valence-electron chi connectivity index (χ3n) is 20.6. The predicted octanol–water partition coefficient (Wildman–Crippen LogP) is 15.9. The molecule has 21 nitrogen and oxygen atoms in total. The summed E-state index contributed by atoms with van der Waals surface area (Å²) in [7, 11) is 0. The quantitative estimate of drug-likeness (QED) is 0.0304. The molecule has 0 saturated heterocycles. The third-order valence-corrected chi connectivity index (χ3v) is 20.6. The SMILES string of the molecule is Oc1c(CN(Cc2ccccn2)Cc2ccccn2)cc(C(c2cc(CN(Cc3ccccn3)Cc3ccccn3)c(O)c(CN(Cc3ccccn3)Cc3ccccn3)c2)c2cc(CN(Cc3ccccn3)Cc3ccccn3)c(O)c(CN(Cc3ccccn3)Cc3ccccn3)c2)cc1CN(Cc1ccccn1)Cc1ccccn1. The topological polar surface area (TPSA) is 235 Å². The van der Waals surface area contributed by atoms with Crippen LogP contribution in [0.2, 0.25) is 0 Å². The molecule has 0 spiro atoms. The van der Waals surface area contributed by atoms with E-state index in [0.717, 1.165) is 85.0 Å². The summed E-state index contributed by atoms with van der Waals surface area (Å²) in [5, 5.41) is 41.3. The lowest BCUT2D eigenvalue weighted by atomic mass is 9.80. The lowest BCUT2D eigenvalue weighted by Crippen LogP contribution is -2.26. The highest BCUT2D eigenvalue weighted by atomic mass is 16.3. The Bertz CT molecular complexity index is 4420. The number of benzene rings is 3. The van der Waals surface area contributed by atoms with Gasteiger partial charge in [-0.25, -0.2) is 0 Å². The van der Waals surface area contributed by atoms with E-state index in [-0.39, 0.29) is 56.5 Å². The normalized spacial score (nSPS) is 11.6. The Kier molecular flexibility index (Phi) is 27.6. The van der Waals surface area contributed by atoms with E-state index in [4.69, 9.17) is 59.8 Å². The number of nitrogens with zero attached hydrogens (tertiary/aromatic N) is 18. The predicted molar refractivity (Wildman–Crippen MR) is 454 cm³/mol. The molecule has 3 N–H and O–H groups in total. The van der Waals surface area contributed by atoms with Gasteiger partial charge in [0.1, 0.15) is 17.2 Å². The van der Waals surface area contributed by atoms with Crippen LogP contribution in [0.4, 0.5) is 0 Å². The monoisotopic (exact) mass is 1560 g/mol. The van der Waals surface area contributed by atoms with Crippen molar-refractivity contribution in [1.82, 2.24) is 89.2 Å². The van der Waals surface area contributed by atoms with Crippen LogP contribution in [-0.4, -0.2) is 105 Å². The lowest BCUT2D eigenvalue weighted by molar-refractivity contribution is 0.231. The average molecular weight is 1560 g/mol. The molecule has 0 unspecified atom stereocenters. The molecule has 21 heteroatoms. The van der Waals surface area contributed by atoms with E-state index in [1.54, 1.807) is 0 Å². The Hall–Kier alpha value is -13.4. The van der Waals surface area contributed by atoms with E-state index in [1.165, 1.54) is 0 Å². The number of phenolic OH excluding ortho intramolecular Hbond substituents is 3. The van der Waals surface area contributed by atoms with Crippen molar-refractivity contribution in [2.45, 2.75) is 124 Å². The molecule has 0 fully saturated rings. The molecule has 15 rings (SSSR count). The van der Waals surface area contributed by atoms with Gasteiger partial charge in [-0.2, -0.15) is 0 Å². The minimum absolute atomic E-state index is 0.125. The third kappa shape index (κ3) is 23.0. The number of aromatic nitrogens is 12. The molecule has 12 aromatic heterocycles. The Morgan fingerprint density at radius 1 is 0.169 bits per heavy atom. The van der Waals surface area contributed by atoms with Gasteiger partial charge in [-0.15, -0.1) is 0 Å². The molecule has 0 aliphatic carbocycles. The molecule has 15 aromatic rings. The van der Waals surface area contributed by atoms with Gasteiger partial charge in [0.25, 0.3) is 0 Å². The van der Waals surface area contributed by atoms with Crippen molar-refractivity contribution in [1.29, 1.82) is 0 Å². The summed E-state index contributed by atoms with van der Waals surface area (Å²) in [5.41, 5.74) is 16.6. The fourth-order valence-electron chi connectivity index (χ4n) is 15.3. The number of phenols is 3. The molecular weight excluding hydrogens is 1470 g/mol.